The molecule has 0 aromatic heterocycles. The van der Waals surface area contributed by atoms with Crippen LogP contribution in [-0.4, -0.2) is 29.9 Å². The molecule has 4 nitrogen and oxygen atoms in total. The van der Waals surface area contributed by atoms with Crippen molar-refractivity contribution in [3.05, 3.63) is 24.0 Å². The first-order valence-corrected chi connectivity index (χ1v) is 7.54. The summed E-state index contributed by atoms with van der Waals surface area (Å²) in [6.07, 6.45) is 2.81. The fraction of sp³-hybridized carbons (Fsp3) is 0.562. The van der Waals surface area contributed by atoms with Crippen molar-refractivity contribution in [2.45, 2.75) is 39.2 Å². The largest absolute Gasteiger partial charge is 0.399 e. The van der Waals surface area contributed by atoms with Crippen LogP contribution >= 0.6 is 0 Å². The van der Waals surface area contributed by atoms with Gasteiger partial charge in [0.05, 0.1) is 5.69 Å². The summed E-state index contributed by atoms with van der Waals surface area (Å²) in [6, 6.07) is 4.81. The molecular formula is C16H24FN3O. The highest BCUT2D eigenvalue weighted by Crippen LogP contribution is 2.27. The molecule has 0 aliphatic heterocycles. The maximum atomic E-state index is 13.6. The summed E-state index contributed by atoms with van der Waals surface area (Å²) in [5.74, 6) is -0.0484. The quantitative estimate of drug-likeness (QED) is 0.760. The number of carbonyl (C=O) groups is 1. The lowest BCUT2D eigenvalue weighted by molar-refractivity contribution is -0.116. The first kappa shape index (κ1) is 15.8. The summed E-state index contributed by atoms with van der Waals surface area (Å²) in [4.78, 5) is 14.3. The van der Waals surface area contributed by atoms with Crippen LogP contribution < -0.4 is 11.1 Å². The minimum Gasteiger partial charge on any atom is -0.399 e. The molecule has 1 fully saturated rings. The van der Waals surface area contributed by atoms with Gasteiger partial charge < -0.3 is 11.1 Å². The van der Waals surface area contributed by atoms with Crippen molar-refractivity contribution < 1.29 is 9.18 Å². The highest BCUT2D eigenvalue weighted by Gasteiger charge is 2.29. The summed E-state index contributed by atoms with van der Waals surface area (Å²) in [6.45, 7) is 6.08. The summed E-state index contributed by atoms with van der Waals surface area (Å²) >= 11 is 0. The molecule has 0 saturated heterocycles. The fourth-order valence-electron chi connectivity index (χ4n) is 2.43. The maximum absolute atomic E-state index is 13.6. The molecule has 0 spiro atoms. The maximum Gasteiger partial charge on any atom is 0.225 e. The first-order chi connectivity index (χ1) is 9.95. The number of amides is 1. The van der Waals surface area contributed by atoms with E-state index in [0.717, 1.165) is 13.1 Å². The van der Waals surface area contributed by atoms with Crippen molar-refractivity contribution in [3.63, 3.8) is 0 Å². The van der Waals surface area contributed by atoms with Gasteiger partial charge in [-0.25, -0.2) is 4.39 Å². The topological polar surface area (TPSA) is 58.4 Å². The van der Waals surface area contributed by atoms with Crippen LogP contribution in [0.15, 0.2) is 18.2 Å². The van der Waals surface area contributed by atoms with Crippen LogP contribution in [0.4, 0.5) is 15.8 Å². The highest BCUT2D eigenvalue weighted by atomic mass is 19.1. The molecule has 1 saturated carbocycles. The lowest BCUT2D eigenvalue weighted by atomic mass is 10.2. The van der Waals surface area contributed by atoms with Crippen molar-refractivity contribution in [1.29, 1.82) is 0 Å². The smallest absolute Gasteiger partial charge is 0.225 e. The molecule has 21 heavy (non-hydrogen) atoms. The molecule has 0 atom stereocenters. The minimum absolute atomic E-state index is 0.154. The van der Waals surface area contributed by atoms with Gasteiger partial charge in [0.2, 0.25) is 5.91 Å². The van der Waals surface area contributed by atoms with Crippen LogP contribution in [0.5, 0.6) is 0 Å². The molecule has 2 rings (SSSR count). The molecule has 3 N–H and O–H groups in total. The third kappa shape index (κ3) is 5.01. The number of rotatable bonds is 7. The average Bonchev–Trinajstić information content (AvgIpc) is 3.23. The van der Waals surface area contributed by atoms with E-state index in [9.17, 15) is 9.18 Å². The van der Waals surface area contributed by atoms with Gasteiger partial charge in [-0.05, 0) is 37.0 Å². The molecular weight excluding hydrogens is 269 g/mol. The van der Waals surface area contributed by atoms with Crippen molar-refractivity contribution >= 4 is 17.3 Å². The van der Waals surface area contributed by atoms with E-state index in [-0.39, 0.29) is 11.6 Å². The molecule has 1 aromatic carbocycles. The number of nitrogens with one attached hydrogen (secondary N) is 1. The lowest BCUT2D eigenvalue weighted by Gasteiger charge is -2.23. The number of benzene rings is 1. The Morgan fingerprint density at radius 3 is 2.81 bits per heavy atom. The van der Waals surface area contributed by atoms with Gasteiger partial charge in [0.25, 0.3) is 0 Å². The van der Waals surface area contributed by atoms with Crippen LogP contribution in [0.2, 0.25) is 0 Å². The summed E-state index contributed by atoms with van der Waals surface area (Å²) < 4.78 is 13.6. The Morgan fingerprint density at radius 2 is 2.19 bits per heavy atom. The van der Waals surface area contributed by atoms with Crippen LogP contribution in [0.25, 0.3) is 0 Å². The van der Waals surface area contributed by atoms with Crippen LogP contribution in [0.1, 0.15) is 33.1 Å². The summed E-state index contributed by atoms with van der Waals surface area (Å²) in [5.41, 5.74) is 6.19. The Morgan fingerprint density at radius 1 is 1.48 bits per heavy atom. The number of hydrogen-bond acceptors (Lipinski definition) is 3. The highest BCUT2D eigenvalue weighted by molar-refractivity contribution is 5.91. The number of carbonyl (C=O) groups excluding carboxylic acids is 1. The number of halogens is 1. The van der Waals surface area contributed by atoms with Gasteiger partial charge in [-0.3, -0.25) is 9.69 Å². The number of nitrogens with two attached hydrogens (primary N) is 1. The number of nitrogens with zero attached hydrogens (tertiary/aromatic N) is 1. The van der Waals surface area contributed by atoms with Crippen LogP contribution in [-0.2, 0) is 4.79 Å². The Balaban J connectivity index is 1.84. The van der Waals surface area contributed by atoms with E-state index in [1.165, 1.54) is 31.0 Å². The summed E-state index contributed by atoms with van der Waals surface area (Å²) in [5, 5.41) is 2.60. The second kappa shape index (κ2) is 6.89. The molecule has 0 radical (unpaired) electrons. The third-order valence-electron chi connectivity index (χ3n) is 3.55. The molecule has 5 heteroatoms. The fourth-order valence-corrected chi connectivity index (χ4v) is 2.43. The van der Waals surface area contributed by atoms with E-state index in [0.29, 0.717) is 24.1 Å². The van der Waals surface area contributed by atoms with E-state index in [1.54, 1.807) is 0 Å². The molecule has 116 valence electrons. The molecule has 1 aromatic rings. The van der Waals surface area contributed by atoms with Gasteiger partial charge in [-0.15, -0.1) is 0 Å². The number of hydrogen-bond donors (Lipinski definition) is 2. The molecule has 1 amide bonds. The van der Waals surface area contributed by atoms with Gasteiger partial charge in [-0.1, -0.05) is 13.8 Å². The Labute approximate surface area is 125 Å². The standard InChI is InChI=1S/C16H24FN3O/c1-11(2)10-20(13-4-5-13)8-7-16(21)19-15-9-12(18)3-6-14(15)17/h3,6,9,11,13H,4-5,7-8,10,18H2,1-2H3,(H,19,21). The minimum atomic E-state index is -0.459. The molecule has 0 bridgehead atoms. The second-order valence-electron chi connectivity index (χ2n) is 6.16. The zero-order valence-corrected chi connectivity index (χ0v) is 12.7. The first-order valence-electron chi connectivity index (χ1n) is 7.54. The van der Waals surface area contributed by atoms with E-state index in [4.69, 9.17) is 5.73 Å². The average molecular weight is 293 g/mol. The van der Waals surface area contributed by atoms with Gasteiger partial charge in [0.15, 0.2) is 0 Å². The predicted molar refractivity (Wildman–Crippen MR) is 83.5 cm³/mol. The molecule has 0 heterocycles. The third-order valence-corrected chi connectivity index (χ3v) is 3.55. The lowest BCUT2D eigenvalue weighted by Crippen LogP contribution is -2.33. The Hall–Kier alpha value is -1.62. The molecule has 1 aliphatic rings. The molecule has 0 unspecified atom stereocenters. The van der Waals surface area contributed by atoms with Gasteiger partial charge >= 0.3 is 0 Å². The van der Waals surface area contributed by atoms with Crippen molar-refractivity contribution in [1.82, 2.24) is 4.90 Å². The van der Waals surface area contributed by atoms with Gasteiger partial charge in [0.1, 0.15) is 5.82 Å². The Kier molecular flexibility index (Phi) is 5.17. The SMILES string of the molecule is CC(C)CN(CCC(=O)Nc1cc(N)ccc1F)C1CC1. The Bertz CT molecular complexity index is 500. The van der Waals surface area contributed by atoms with E-state index in [2.05, 4.69) is 24.1 Å². The monoisotopic (exact) mass is 293 g/mol. The number of anilines is 2. The zero-order chi connectivity index (χ0) is 15.4. The second-order valence-corrected chi connectivity index (χ2v) is 6.16. The van der Waals surface area contributed by atoms with Crippen molar-refractivity contribution in [2.24, 2.45) is 5.92 Å². The van der Waals surface area contributed by atoms with Crippen molar-refractivity contribution in [2.75, 3.05) is 24.1 Å². The van der Waals surface area contributed by atoms with E-state index < -0.39 is 5.82 Å². The van der Waals surface area contributed by atoms with Gasteiger partial charge in [0, 0.05) is 31.2 Å². The molecule has 1 aliphatic carbocycles. The van der Waals surface area contributed by atoms with Crippen LogP contribution in [0, 0.1) is 11.7 Å². The van der Waals surface area contributed by atoms with Crippen LogP contribution in [0.3, 0.4) is 0 Å². The van der Waals surface area contributed by atoms with E-state index in [1.807, 2.05) is 0 Å². The number of nitrogen functional groups attached to an aromatic ring is 1. The zero-order valence-electron chi connectivity index (χ0n) is 12.7. The normalized spacial score (nSPS) is 14.7. The van der Waals surface area contributed by atoms with Crippen molar-refractivity contribution in [3.8, 4) is 0 Å². The predicted octanol–water partition coefficient (Wildman–Crippen LogP) is 2.86. The van der Waals surface area contributed by atoms with E-state index >= 15 is 0 Å². The van der Waals surface area contributed by atoms with Gasteiger partial charge in [-0.2, -0.15) is 0 Å². The summed E-state index contributed by atoms with van der Waals surface area (Å²) in [7, 11) is 0.